The van der Waals surface area contributed by atoms with Crippen LogP contribution in [-0.4, -0.2) is 47.0 Å². The lowest BCUT2D eigenvalue weighted by Gasteiger charge is -2.38. The Morgan fingerprint density at radius 2 is 1.96 bits per heavy atom. The smallest absolute Gasteiger partial charge is 0.233 e. The van der Waals surface area contributed by atoms with E-state index in [1.807, 2.05) is 49.3 Å². The van der Waals surface area contributed by atoms with E-state index in [2.05, 4.69) is 14.9 Å². The number of aryl methyl sites for hydroxylation is 1. The van der Waals surface area contributed by atoms with Crippen LogP contribution in [0.15, 0.2) is 29.8 Å². The van der Waals surface area contributed by atoms with Crippen LogP contribution in [0.4, 0.5) is 5.82 Å². The van der Waals surface area contributed by atoms with Crippen molar-refractivity contribution in [3.8, 4) is 0 Å². The minimum atomic E-state index is -0.457. The van der Waals surface area contributed by atoms with Crippen LogP contribution in [0.3, 0.4) is 0 Å². The monoisotopic (exact) mass is 330 g/mol. The Kier molecular flexibility index (Phi) is 4.35. The van der Waals surface area contributed by atoms with Gasteiger partial charge in [0.1, 0.15) is 11.6 Å². The maximum atomic E-state index is 12.9. The lowest BCUT2D eigenvalue weighted by atomic mass is 9.89. The van der Waals surface area contributed by atoms with Crippen molar-refractivity contribution in [3.05, 3.63) is 40.5 Å². The number of aromatic nitrogens is 2. The topological polar surface area (TPSA) is 49.3 Å². The molecule has 1 aliphatic heterocycles. The predicted octanol–water partition coefficient (Wildman–Crippen LogP) is 2.47. The third kappa shape index (κ3) is 3.22. The molecule has 1 amide bonds. The molecule has 0 aromatic carbocycles. The molecule has 0 aliphatic carbocycles. The molecule has 0 radical (unpaired) electrons. The fourth-order valence-electron chi connectivity index (χ4n) is 2.89. The lowest BCUT2D eigenvalue weighted by Crippen LogP contribution is -2.53. The lowest BCUT2D eigenvalue weighted by molar-refractivity contribution is -0.136. The summed E-state index contributed by atoms with van der Waals surface area (Å²) in [5.41, 5.74) is -0.457. The van der Waals surface area contributed by atoms with Crippen molar-refractivity contribution in [3.63, 3.8) is 0 Å². The molecule has 5 nitrogen and oxygen atoms in total. The average molecular weight is 330 g/mol. The van der Waals surface area contributed by atoms with E-state index in [1.54, 1.807) is 17.5 Å². The van der Waals surface area contributed by atoms with Gasteiger partial charge in [0.15, 0.2) is 0 Å². The fraction of sp³-hybridized carbons (Fsp3) is 0.471. The third-order valence-corrected chi connectivity index (χ3v) is 5.52. The number of nitrogens with zero attached hydrogens (tertiary/aromatic N) is 4. The molecule has 0 N–H and O–H groups in total. The molecular formula is C17H22N4OS. The van der Waals surface area contributed by atoms with Gasteiger partial charge in [0.05, 0.1) is 5.41 Å². The van der Waals surface area contributed by atoms with Gasteiger partial charge in [-0.2, -0.15) is 0 Å². The number of rotatable bonds is 3. The highest BCUT2D eigenvalue weighted by molar-refractivity contribution is 7.10. The van der Waals surface area contributed by atoms with Crippen LogP contribution in [0.2, 0.25) is 0 Å². The van der Waals surface area contributed by atoms with E-state index in [-0.39, 0.29) is 5.91 Å². The molecule has 2 aromatic heterocycles. The van der Waals surface area contributed by atoms with Gasteiger partial charge in [-0.3, -0.25) is 4.79 Å². The quantitative estimate of drug-likeness (QED) is 0.867. The first-order valence-electron chi connectivity index (χ1n) is 7.86. The largest absolute Gasteiger partial charge is 0.353 e. The van der Waals surface area contributed by atoms with Gasteiger partial charge in [-0.05, 0) is 38.3 Å². The predicted molar refractivity (Wildman–Crippen MR) is 92.9 cm³/mol. The number of thiophene rings is 1. The van der Waals surface area contributed by atoms with Crippen molar-refractivity contribution in [2.24, 2.45) is 0 Å². The molecule has 6 heteroatoms. The molecule has 0 unspecified atom stereocenters. The highest BCUT2D eigenvalue weighted by atomic mass is 32.1. The Morgan fingerprint density at radius 1 is 1.22 bits per heavy atom. The first kappa shape index (κ1) is 15.9. The van der Waals surface area contributed by atoms with Gasteiger partial charge >= 0.3 is 0 Å². The molecule has 1 fully saturated rings. The molecule has 1 saturated heterocycles. The summed E-state index contributed by atoms with van der Waals surface area (Å²) in [4.78, 5) is 26.8. The first-order chi connectivity index (χ1) is 11.0. The molecule has 0 atom stereocenters. The normalized spacial score (nSPS) is 15.8. The van der Waals surface area contributed by atoms with Crippen LogP contribution < -0.4 is 4.90 Å². The van der Waals surface area contributed by atoms with Gasteiger partial charge in [0, 0.05) is 37.3 Å². The summed E-state index contributed by atoms with van der Waals surface area (Å²) in [6.45, 7) is 9.01. The summed E-state index contributed by atoms with van der Waals surface area (Å²) in [6.07, 6.45) is 1.79. The van der Waals surface area contributed by atoms with Crippen molar-refractivity contribution in [1.82, 2.24) is 14.9 Å². The Morgan fingerprint density at radius 3 is 2.57 bits per heavy atom. The number of anilines is 1. The van der Waals surface area contributed by atoms with Crippen molar-refractivity contribution >= 4 is 23.1 Å². The minimum Gasteiger partial charge on any atom is -0.353 e. The van der Waals surface area contributed by atoms with Crippen LogP contribution in [0.1, 0.15) is 24.5 Å². The maximum Gasteiger partial charge on any atom is 0.233 e. The molecule has 23 heavy (non-hydrogen) atoms. The second-order valence-corrected chi connectivity index (χ2v) is 7.29. The molecular weight excluding hydrogens is 308 g/mol. The standard InChI is InChI=1S/C17H22N4OS/c1-13-18-7-6-15(19-13)20-8-10-21(11-9-20)16(22)17(2,3)14-5-4-12-23-14/h4-7,12H,8-11H2,1-3H3. The number of carbonyl (C=O) groups excluding carboxylic acids is 1. The van der Waals surface area contributed by atoms with E-state index >= 15 is 0 Å². The van der Waals surface area contributed by atoms with E-state index in [4.69, 9.17) is 0 Å². The zero-order valence-corrected chi connectivity index (χ0v) is 14.6. The van der Waals surface area contributed by atoms with Gasteiger partial charge in [-0.25, -0.2) is 9.97 Å². The maximum absolute atomic E-state index is 12.9. The molecule has 0 saturated carbocycles. The highest BCUT2D eigenvalue weighted by Gasteiger charge is 2.36. The van der Waals surface area contributed by atoms with E-state index in [1.165, 1.54) is 0 Å². The number of piperazine rings is 1. The van der Waals surface area contributed by atoms with Crippen LogP contribution in [0.5, 0.6) is 0 Å². The van der Waals surface area contributed by atoms with Crippen molar-refractivity contribution in [2.45, 2.75) is 26.2 Å². The van der Waals surface area contributed by atoms with Gasteiger partial charge in [-0.1, -0.05) is 6.07 Å². The van der Waals surface area contributed by atoms with E-state index in [9.17, 15) is 4.79 Å². The summed E-state index contributed by atoms with van der Waals surface area (Å²) in [5.74, 6) is 1.93. The van der Waals surface area contributed by atoms with Crippen molar-refractivity contribution < 1.29 is 4.79 Å². The zero-order chi connectivity index (χ0) is 16.4. The highest BCUT2D eigenvalue weighted by Crippen LogP contribution is 2.30. The van der Waals surface area contributed by atoms with Gasteiger partial charge in [0.2, 0.25) is 5.91 Å². The number of carbonyl (C=O) groups is 1. The first-order valence-corrected chi connectivity index (χ1v) is 8.74. The summed E-state index contributed by atoms with van der Waals surface area (Å²) < 4.78 is 0. The zero-order valence-electron chi connectivity index (χ0n) is 13.8. The summed E-state index contributed by atoms with van der Waals surface area (Å²) >= 11 is 1.65. The fourth-order valence-corrected chi connectivity index (χ4v) is 3.74. The van der Waals surface area contributed by atoms with Gasteiger partial charge < -0.3 is 9.80 Å². The van der Waals surface area contributed by atoms with E-state index < -0.39 is 5.41 Å². The van der Waals surface area contributed by atoms with Gasteiger partial charge in [0.25, 0.3) is 0 Å². The SMILES string of the molecule is Cc1nccc(N2CCN(C(=O)C(C)(C)c3cccs3)CC2)n1. The Balaban J connectivity index is 1.66. The van der Waals surface area contributed by atoms with Crippen molar-refractivity contribution in [2.75, 3.05) is 31.1 Å². The summed E-state index contributed by atoms with van der Waals surface area (Å²) in [6, 6.07) is 5.98. The number of amides is 1. The third-order valence-electron chi connectivity index (χ3n) is 4.32. The van der Waals surface area contributed by atoms with Crippen molar-refractivity contribution in [1.29, 1.82) is 0 Å². The van der Waals surface area contributed by atoms with Crippen LogP contribution >= 0.6 is 11.3 Å². The second kappa shape index (κ2) is 6.28. The molecule has 2 aromatic rings. The molecule has 3 heterocycles. The molecule has 0 bridgehead atoms. The second-order valence-electron chi connectivity index (χ2n) is 6.34. The Bertz CT molecular complexity index is 676. The molecule has 1 aliphatic rings. The van der Waals surface area contributed by atoms with E-state index in [0.29, 0.717) is 0 Å². The minimum absolute atomic E-state index is 0.207. The summed E-state index contributed by atoms with van der Waals surface area (Å²) in [5, 5.41) is 2.03. The number of hydrogen-bond acceptors (Lipinski definition) is 5. The Labute approximate surface area is 141 Å². The number of hydrogen-bond donors (Lipinski definition) is 0. The summed E-state index contributed by atoms with van der Waals surface area (Å²) in [7, 11) is 0. The molecule has 122 valence electrons. The van der Waals surface area contributed by atoms with Crippen LogP contribution in [-0.2, 0) is 10.2 Å². The Hall–Kier alpha value is -1.95. The van der Waals surface area contributed by atoms with Gasteiger partial charge in [-0.15, -0.1) is 11.3 Å². The van der Waals surface area contributed by atoms with Crippen LogP contribution in [0, 0.1) is 6.92 Å². The average Bonchev–Trinajstić information content (AvgIpc) is 3.09. The van der Waals surface area contributed by atoms with E-state index in [0.717, 1.165) is 42.7 Å². The molecule has 3 rings (SSSR count). The van der Waals surface area contributed by atoms with Crippen LogP contribution in [0.25, 0.3) is 0 Å². The molecule has 0 spiro atoms.